The van der Waals surface area contributed by atoms with Crippen molar-refractivity contribution in [2.45, 2.75) is 44.4 Å². The molecule has 3 atom stereocenters. The second-order valence-electron chi connectivity index (χ2n) is 7.16. The van der Waals surface area contributed by atoms with Crippen LogP contribution in [-0.2, 0) is 19.0 Å². The number of hydrogen-bond donors (Lipinski definition) is 2. The first-order chi connectivity index (χ1) is 13.5. The molecule has 1 aromatic rings. The van der Waals surface area contributed by atoms with Crippen LogP contribution in [0.4, 0.5) is 0 Å². The van der Waals surface area contributed by atoms with Crippen LogP contribution < -0.4 is 10.1 Å². The molecule has 1 aliphatic carbocycles. The van der Waals surface area contributed by atoms with Crippen LogP contribution in [0.25, 0.3) is 0 Å². The van der Waals surface area contributed by atoms with Crippen LogP contribution >= 0.6 is 0 Å². The highest BCUT2D eigenvalue weighted by molar-refractivity contribution is 5.98. The van der Waals surface area contributed by atoms with E-state index in [1.54, 1.807) is 6.92 Å². The Balaban J connectivity index is 1.62. The van der Waals surface area contributed by atoms with Crippen molar-refractivity contribution < 1.29 is 33.6 Å². The molecule has 1 saturated carbocycles. The molecule has 0 spiro atoms. The maximum atomic E-state index is 12.5. The van der Waals surface area contributed by atoms with Gasteiger partial charge in [0.15, 0.2) is 23.2 Å². The molecule has 3 rings (SSSR count). The lowest BCUT2D eigenvalue weighted by Crippen LogP contribution is -2.45. The highest BCUT2D eigenvalue weighted by atomic mass is 16.6. The van der Waals surface area contributed by atoms with Crippen molar-refractivity contribution in [1.82, 2.24) is 10.3 Å². The van der Waals surface area contributed by atoms with Gasteiger partial charge in [-0.3, -0.25) is 4.79 Å². The van der Waals surface area contributed by atoms with Gasteiger partial charge in [0, 0.05) is 25.3 Å². The monoisotopic (exact) mass is 394 g/mol. The minimum Gasteiger partial charge on any atom is -0.503 e. The smallest absolute Gasteiger partial charge is 0.331 e. The van der Waals surface area contributed by atoms with E-state index in [-0.39, 0.29) is 30.3 Å². The molecule has 28 heavy (non-hydrogen) atoms. The number of hydrogen-bond acceptors (Lipinski definition) is 8. The molecule has 1 saturated heterocycles. The second kappa shape index (κ2) is 9.20. The van der Waals surface area contributed by atoms with Gasteiger partial charge in [0.1, 0.15) is 6.10 Å². The van der Waals surface area contributed by atoms with Gasteiger partial charge in [-0.05, 0) is 25.7 Å². The number of aromatic nitrogens is 1. The zero-order valence-electron chi connectivity index (χ0n) is 16.1. The molecule has 2 unspecified atom stereocenters. The highest BCUT2D eigenvalue weighted by Gasteiger charge is 2.31. The topological polar surface area (TPSA) is 116 Å². The van der Waals surface area contributed by atoms with Gasteiger partial charge in [0.25, 0.3) is 5.91 Å². The first-order valence-corrected chi connectivity index (χ1v) is 9.40. The van der Waals surface area contributed by atoms with E-state index in [1.807, 2.05) is 0 Å². The van der Waals surface area contributed by atoms with E-state index in [9.17, 15) is 14.7 Å². The largest absolute Gasteiger partial charge is 0.503 e. The standard InChI is InChI=1S/C19H26N2O7/c1-11-7-13(27-8-12-3-4-12)9-26-10-14(19(24)28-11)21-18(23)16-17(22)15(25-2)5-6-20-16/h5-6,11-14,22H,3-4,7-10H2,1-2H3,(H,21,23)/t11?,13?,14-/m0/s1. The Kier molecular flexibility index (Phi) is 6.69. The first-order valence-electron chi connectivity index (χ1n) is 9.40. The molecule has 0 radical (unpaired) electrons. The predicted molar refractivity (Wildman–Crippen MR) is 97.2 cm³/mol. The Bertz CT molecular complexity index is 708. The zero-order chi connectivity index (χ0) is 20.1. The number of nitrogens with zero attached hydrogens (tertiary/aromatic N) is 1. The zero-order valence-corrected chi connectivity index (χ0v) is 16.1. The number of ether oxygens (including phenoxy) is 4. The SMILES string of the molecule is COc1ccnc(C(=O)N[C@H]2COCC(OCC3CC3)CC(C)OC2=O)c1O. The first kappa shape index (κ1) is 20.3. The third kappa shape index (κ3) is 5.32. The Hall–Kier alpha value is -2.39. The van der Waals surface area contributed by atoms with Gasteiger partial charge in [-0.15, -0.1) is 0 Å². The maximum Gasteiger partial charge on any atom is 0.331 e. The summed E-state index contributed by atoms with van der Waals surface area (Å²) in [4.78, 5) is 28.8. The number of cyclic esters (lactones) is 1. The van der Waals surface area contributed by atoms with Gasteiger partial charge < -0.3 is 29.4 Å². The van der Waals surface area contributed by atoms with Crippen molar-refractivity contribution in [2.24, 2.45) is 5.92 Å². The highest BCUT2D eigenvalue weighted by Crippen LogP contribution is 2.30. The lowest BCUT2D eigenvalue weighted by Gasteiger charge is -2.20. The molecular weight excluding hydrogens is 368 g/mol. The van der Waals surface area contributed by atoms with Crippen molar-refractivity contribution in [3.63, 3.8) is 0 Å². The minimum atomic E-state index is -1.02. The third-order valence-corrected chi connectivity index (χ3v) is 4.68. The fourth-order valence-corrected chi connectivity index (χ4v) is 2.92. The minimum absolute atomic E-state index is 0.0642. The van der Waals surface area contributed by atoms with E-state index in [2.05, 4.69) is 10.3 Å². The van der Waals surface area contributed by atoms with Gasteiger partial charge in [-0.1, -0.05) is 0 Å². The Morgan fingerprint density at radius 3 is 2.89 bits per heavy atom. The van der Waals surface area contributed by atoms with Crippen molar-refractivity contribution in [3.8, 4) is 11.5 Å². The molecule has 9 nitrogen and oxygen atoms in total. The van der Waals surface area contributed by atoms with Crippen LogP contribution in [-0.4, -0.2) is 67.1 Å². The third-order valence-electron chi connectivity index (χ3n) is 4.68. The maximum absolute atomic E-state index is 12.5. The van der Waals surface area contributed by atoms with Crippen LogP contribution in [0.5, 0.6) is 11.5 Å². The van der Waals surface area contributed by atoms with E-state index < -0.39 is 23.7 Å². The van der Waals surface area contributed by atoms with E-state index in [0.717, 1.165) is 0 Å². The van der Waals surface area contributed by atoms with Gasteiger partial charge >= 0.3 is 5.97 Å². The fraction of sp³-hybridized carbons (Fsp3) is 0.632. The summed E-state index contributed by atoms with van der Waals surface area (Å²) < 4.78 is 21.9. The number of methoxy groups -OCH3 is 1. The number of amides is 1. The summed E-state index contributed by atoms with van der Waals surface area (Å²) in [5.41, 5.74) is -0.245. The summed E-state index contributed by atoms with van der Waals surface area (Å²) in [6, 6.07) is 0.400. The van der Waals surface area contributed by atoms with Crippen molar-refractivity contribution in [1.29, 1.82) is 0 Å². The molecule has 0 aromatic carbocycles. The summed E-state index contributed by atoms with van der Waals surface area (Å²) >= 11 is 0. The molecular formula is C19H26N2O7. The van der Waals surface area contributed by atoms with Crippen molar-refractivity contribution in [3.05, 3.63) is 18.0 Å². The lowest BCUT2D eigenvalue weighted by molar-refractivity contribution is -0.151. The molecule has 154 valence electrons. The quantitative estimate of drug-likeness (QED) is 0.688. The number of aromatic hydroxyl groups is 1. The van der Waals surface area contributed by atoms with E-state index >= 15 is 0 Å². The van der Waals surface area contributed by atoms with Crippen LogP contribution in [0.2, 0.25) is 0 Å². The van der Waals surface area contributed by atoms with Crippen LogP contribution in [0.15, 0.2) is 12.3 Å². The Morgan fingerprint density at radius 1 is 1.39 bits per heavy atom. The van der Waals surface area contributed by atoms with Crippen LogP contribution in [0.3, 0.4) is 0 Å². The van der Waals surface area contributed by atoms with Gasteiger partial charge in [-0.25, -0.2) is 9.78 Å². The molecule has 9 heteroatoms. The molecule has 1 aliphatic heterocycles. The number of pyridine rings is 1. The Morgan fingerprint density at radius 2 is 2.18 bits per heavy atom. The molecule has 1 amide bonds. The van der Waals surface area contributed by atoms with Crippen LogP contribution in [0.1, 0.15) is 36.7 Å². The van der Waals surface area contributed by atoms with E-state index in [4.69, 9.17) is 18.9 Å². The predicted octanol–water partition coefficient (Wildman–Crippen LogP) is 1.04. The average molecular weight is 394 g/mol. The number of carbonyl (C=O) groups is 2. The second-order valence-corrected chi connectivity index (χ2v) is 7.16. The molecule has 2 N–H and O–H groups in total. The van der Waals surface area contributed by atoms with Gasteiger partial charge in [0.2, 0.25) is 0 Å². The molecule has 2 fully saturated rings. The lowest BCUT2D eigenvalue weighted by atomic mass is 10.2. The van der Waals surface area contributed by atoms with Crippen LogP contribution in [0, 0.1) is 5.92 Å². The number of rotatable bonds is 6. The Labute approximate surface area is 163 Å². The summed E-state index contributed by atoms with van der Waals surface area (Å²) in [5.74, 6) is -0.999. The van der Waals surface area contributed by atoms with Gasteiger partial charge in [-0.2, -0.15) is 0 Å². The van der Waals surface area contributed by atoms with Crippen molar-refractivity contribution >= 4 is 11.9 Å². The van der Waals surface area contributed by atoms with E-state index in [0.29, 0.717) is 25.6 Å². The number of nitrogens with one attached hydrogen (secondary N) is 1. The summed E-state index contributed by atoms with van der Waals surface area (Å²) in [5, 5.41) is 12.6. The fourth-order valence-electron chi connectivity index (χ4n) is 2.92. The summed E-state index contributed by atoms with van der Waals surface area (Å²) in [6.07, 6.45) is 3.70. The summed E-state index contributed by atoms with van der Waals surface area (Å²) in [6.45, 7) is 2.72. The molecule has 1 aromatic heterocycles. The van der Waals surface area contributed by atoms with Gasteiger partial charge in [0.05, 0.1) is 26.4 Å². The molecule has 2 heterocycles. The molecule has 2 aliphatic rings. The average Bonchev–Trinajstić information content (AvgIpc) is 3.48. The number of esters is 1. The summed E-state index contributed by atoms with van der Waals surface area (Å²) in [7, 11) is 1.36. The normalized spacial score (nSPS) is 25.8. The molecule has 0 bridgehead atoms. The number of carbonyl (C=O) groups excluding carboxylic acids is 2. The van der Waals surface area contributed by atoms with E-state index in [1.165, 1.54) is 32.2 Å². The van der Waals surface area contributed by atoms with Crippen molar-refractivity contribution in [2.75, 3.05) is 26.9 Å².